The minimum absolute atomic E-state index is 0.442. The van der Waals surface area contributed by atoms with Gasteiger partial charge in [-0.1, -0.05) is 36.4 Å². The molecule has 0 amide bonds. The van der Waals surface area contributed by atoms with Gasteiger partial charge in [0.15, 0.2) is 11.5 Å². The number of nitrogens with zero attached hydrogens (tertiary/aromatic N) is 1. The summed E-state index contributed by atoms with van der Waals surface area (Å²) in [5, 5.41) is 0. The van der Waals surface area contributed by atoms with Crippen molar-refractivity contribution < 1.29 is 9.47 Å². The minimum Gasteiger partial charge on any atom is -0.493 e. The smallest absolute Gasteiger partial charge is 0.161 e. The summed E-state index contributed by atoms with van der Waals surface area (Å²) in [5.74, 6) is 1.41. The molecular weight excluding hydrogens is 314 g/mol. The van der Waals surface area contributed by atoms with Gasteiger partial charge in [-0.05, 0) is 41.3 Å². The van der Waals surface area contributed by atoms with Crippen molar-refractivity contribution in [2.45, 2.75) is 18.1 Å². The number of rotatable bonds is 5. The number of allylic oxidation sites excluding steroid dienone is 1. The van der Waals surface area contributed by atoms with E-state index in [1.807, 2.05) is 36.4 Å². The molecule has 25 heavy (non-hydrogen) atoms. The average Bonchev–Trinajstić information content (AvgIpc) is 2.64. The van der Waals surface area contributed by atoms with Crippen molar-refractivity contribution in [3.05, 3.63) is 60.2 Å². The minimum atomic E-state index is -0.676. The summed E-state index contributed by atoms with van der Waals surface area (Å²) in [4.78, 5) is 4.21. The van der Waals surface area contributed by atoms with Crippen molar-refractivity contribution in [3.63, 3.8) is 0 Å². The highest BCUT2D eigenvalue weighted by Gasteiger charge is 2.31. The van der Waals surface area contributed by atoms with Crippen LogP contribution in [-0.2, 0) is 6.42 Å². The van der Waals surface area contributed by atoms with Gasteiger partial charge in [0.25, 0.3) is 0 Å². The van der Waals surface area contributed by atoms with Crippen LogP contribution < -0.4 is 20.9 Å². The molecule has 0 spiro atoms. The molecule has 0 saturated heterocycles. The fraction of sp³-hybridized carbons (Fsp3) is 0.250. The quantitative estimate of drug-likeness (QED) is 0.878. The number of benzene rings is 2. The van der Waals surface area contributed by atoms with Crippen LogP contribution in [0.3, 0.4) is 0 Å². The summed E-state index contributed by atoms with van der Waals surface area (Å²) in [6, 6.07) is 14.1. The van der Waals surface area contributed by atoms with E-state index in [0.717, 1.165) is 16.7 Å². The molecule has 0 radical (unpaired) electrons. The Labute approximate surface area is 148 Å². The standard InChI is InChI=1S/C20H23N3O2/c1-24-17-8-7-16(12-18(17)25-2)15-6-3-5-14(11-15)13-20(22)9-4-10-23-19(20)21/h3-12,19H,13,21-22H2,1-2H3. The molecule has 0 saturated carbocycles. The highest BCUT2D eigenvalue weighted by atomic mass is 16.5. The summed E-state index contributed by atoms with van der Waals surface area (Å²) in [7, 11) is 3.26. The lowest BCUT2D eigenvalue weighted by atomic mass is 9.86. The zero-order valence-corrected chi connectivity index (χ0v) is 14.5. The second-order valence-electron chi connectivity index (χ2n) is 6.16. The average molecular weight is 337 g/mol. The first-order valence-corrected chi connectivity index (χ1v) is 8.12. The van der Waals surface area contributed by atoms with Gasteiger partial charge in [-0.2, -0.15) is 0 Å². The molecule has 0 aliphatic carbocycles. The first-order valence-electron chi connectivity index (χ1n) is 8.12. The molecule has 2 unspecified atom stereocenters. The Hall–Kier alpha value is -2.63. The van der Waals surface area contributed by atoms with E-state index in [1.165, 1.54) is 0 Å². The summed E-state index contributed by atoms with van der Waals surface area (Å²) in [6.07, 6.45) is 5.64. The number of hydrogen-bond acceptors (Lipinski definition) is 5. The first kappa shape index (κ1) is 17.2. The van der Waals surface area contributed by atoms with Crippen LogP contribution in [-0.4, -0.2) is 32.1 Å². The molecule has 1 aliphatic heterocycles. The molecule has 2 aromatic carbocycles. The fourth-order valence-electron chi connectivity index (χ4n) is 3.00. The molecule has 4 N–H and O–H groups in total. The Balaban J connectivity index is 1.89. The molecule has 2 atom stereocenters. The Morgan fingerprint density at radius 1 is 1.04 bits per heavy atom. The molecule has 2 aromatic rings. The van der Waals surface area contributed by atoms with E-state index in [4.69, 9.17) is 20.9 Å². The van der Waals surface area contributed by atoms with E-state index >= 15 is 0 Å². The summed E-state index contributed by atoms with van der Waals surface area (Å²) in [6.45, 7) is 0. The number of methoxy groups -OCH3 is 2. The summed E-state index contributed by atoms with van der Waals surface area (Å²) >= 11 is 0. The Morgan fingerprint density at radius 2 is 1.80 bits per heavy atom. The number of aliphatic imine (C=N–C) groups is 1. The number of dihydropyridines is 1. The van der Waals surface area contributed by atoms with Crippen LogP contribution in [0.2, 0.25) is 0 Å². The maximum absolute atomic E-state index is 6.44. The van der Waals surface area contributed by atoms with E-state index in [9.17, 15) is 0 Å². The Kier molecular flexibility index (Phi) is 4.88. The molecule has 5 heteroatoms. The second-order valence-corrected chi connectivity index (χ2v) is 6.16. The first-order chi connectivity index (χ1) is 12.1. The van der Waals surface area contributed by atoms with E-state index in [1.54, 1.807) is 20.4 Å². The lowest BCUT2D eigenvalue weighted by Gasteiger charge is -2.31. The molecule has 0 bridgehead atoms. The van der Waals surface area contributed by atoms with E-state index in [2.05, 4.69) is 23.2 Å². The second kappa shape index (κ2) is 7.09. The van der Waals surface area contributed by atoms with E-state index < -0.39 is 11.7 Å². The van der Waals surface area contributed by atoms with Crippen molar-refractivity contribution in [3.8, 4) is 22.6 Å². The molecule has 130 valence electrons. The van der Waals surface area contributed by atoms with Crippen LogP contribution in [0.5, 0.6) is 11.5 Å². The fourth-order valence-corrected chi connectivity index (χ4v) is 3.00. The van der Waals surface area contributed by atoms with Crippen LogP contribution in [0.25, 0.3) is 11.1 Å². The highest BCUT2D eigenvalue weighted by Crippen LogP contribution is 2.33. The molecular formula is C20H23N3O2. The zero-order valence-electron chi connectivity index (χ0n) is 14.5. The van der Waals surface area contributed by atoms with Gasteiger partial charge >= 0.3 is 0 Å². The van der Waals surface area contributed by atoms with Crippen molar-refractivity contribution in [2.75, 3.05) is 14.2 Å². The summed E-state index contributed by atoms with van der Waals surface area (Å²) < 4.78 is 10.7. The number of hydrogen-bond donors (Lipinski definition) is 2. The largest absolute Gasteiger partial charge is 0.493 e. The van der Waals surface area contributed by atoms with Crippen molar-refractivity contribution in [1.82, 2.24) is 0 Å². The molecule has 3 rings (SSSR count). The SMILES string of the molecule is COc1ccc(-c2cccc(CC3(N)C=CC=NC3N)c2)cc1OC. The van der Waals surface area contributed by atoms with Gasteiger partial charge in [0, 0.05) is 6.21 Å². The van der Waals surface area contributed by atoms with Crippen LogP contribution >= 0.6 is 0 Å². The molecule has 0 fully saturated rings. The third kappa shape index (κ3) is 3.57. The lowest BCUT2D eigenvalue weighted by Crippen LogP contribution is -2.55. The van der Waals surface area contributed by atoms with Crippen LogP contribution in [0.15, 0.2) is 59.6 Å². The van der Waals surface area contributed by atoms with Crippen molar-refractivity contribution in [1.29, 1.82) is 0 Å². The van der Waals surface area contributed by atoms with E-state index in [0.29, 0.717) is 17.9 Å². The molecule has 5 nitrogen and oxygen atoms in total. The van der Waals surface area contributed by atoms with Gasteiger partial charge in [-0.3, -0.25) is 4.99 Å². The maximum atomic E-state index is 6.44. The van der Waals surface area contributed by atoms with E-state index in [-0.39, 0.29) is 0 Å². The number of nitrogens with two attached hydrogens (primary N) is 2. The lowest BCUT2D eigenvalue weighted by molar-refractivity contribution is 0.355. The van der Waals surface area contributed by atoms with Gasteiger partial charge < -0.3 is 20.9 Å². The monoisotopic (exact) mass is 337 g/mol. The van der Waals surface area contributed by atoms with Crippen molar-refractivity contribution >= 4 is 6.21 Å². The Morgan fingerprint density at radius 3 is 2.52 bits per heavy atom. The molecule has 1 aliphatic rings. The van der Waals surface area contributed by atoms with Crippen LogP contribution in [0.4, 0.5) is 0 Å². The van der Waals surface area contributed by atoms with Gasteiger partial charge in [0.1, 0.15) is 6.17 Å². The van der Waals surface area contributed by atoms with Crippen molar-refractivity contribution in [2.24, 2.45) is 16.5 Å². The van der Waals surface area contributed by atoms with Gasteiger partial charge in [-0.15, -0.1) is 0 Å². The summed E-state index contributed by atoms with van der Waals surface area (Å²) in [5.41, 5.74) is 15.1. The third-order valence-corrected chi connectivity index (χ3v) is 4.44. The molecule has 0 aromatic heterocycles. The normalized spacial score (nSPS) is 22.0. The van der Waals surface area contributed by atoms with Crippen LogP contribution in [0, 0.1) is 0 Å². The molecule has 1 heterocycles. The maximum Gasteiger partial charge on any atom is 0.161 e. The van der Waals surface area contributed by atoms with Gasteiger partial charge in [-0.25, -0.2) is 0 Å². The highest BCUT2D eigenvalue weighted by molar-refractivity contribution is 5.73. The topological polar surface area (TPSA) is 82.9 Å². The predicted molar refractivity (Wildman–Crippen MR) is 101 cm³/mol. The predicted octanol–water partition coefficient (Wildman–Crippen LogP) is 2.54. The Bertz CT molecular complexity index is 816. The van der Waals surface area contributed by atoms with Crippen LogP contribution in [0.1, 0.15) is 5.56 Å². The third-order valence-electron chi connectivity index (χ3n) is 4.44. The van der Waals surface area contributed by atoms with Gasteiger partial charge in [0.05, 0.1) is 19.8 Å². The van der Waals surface area contributed by atoms with Gasteiger partial charge in [0.2, 0.25) is 0 Å². The number of ether oxygens (including phenoxy) is 2. The zero-order chi connectivity index (χ0) is 17.9.